The van der Waals surface area contributed by atoms with E-state index in [0.717, 1.165) is 22.5 Å². The van der Waals surface area contributed by atoms with Crippen LogP contribution in [0.3, 0.4) is 0 Å². The van der Waals surface area contributed by atoms with Crippen molar-refractivity contribution in [1.82, 2.24) is 14.6 Å². The van der Waals surface area contributed by atoms with Crippen LogP contribution in [0, 0.1) is 0 Å². The number of nitrogens with zero attached hydrogens (tertiary/aromatic N) is 3. The molecule has 3 rings (SSSR count). The van der Waals surface area contributed by atoms with Crippen molar-refractivity contribution in [2.24, 2.45) is 5.73 Å². The summed E-state index contributed by atoms with van der Waals surface area (Å²) in [5.41, 5.74) is 9.66. The van der Waals surface area contributed by atoms with Crippen LogP contribution >= 0.6 is 11.5 Å². The molecule has 0 spiro atoms. The second kappa shape index (κ2) is 5.87. The Morgan fingerprint density at radius 2 is 2.00 bits per heavy atom. The van der Waals surface area contributed by atoms with Gasteiger partial charge >= 0.3 is 0 Å². The van der Waals surface area contributed by atoms with E-state index in [0.29, 0.717) is 5.92 Å². The number of fused-ring (bicyclic) bond motifs is 1. The molecule has 0 bridgehead atoms. The summed E-state index contributed by atoms with van der Waals surface area (Å²) in [6, 6.07) is 10.1. The Bertz CT molecular complexity index is 745. The Hall–Kier alpha value is -1.85. The van der Waals surface area contributed by atoms with Crippen LogP contribution in [0.5, 0.6) is 0 Å². The smallest absolute Gasteiger partial charge is 0.0829 e. The highest BCUT2D eigenvalue weighted by Crippen LogP contribution is 2.28. The number of nitrogens with two attached hydrogens (primary N) is 1. The van der Waals surface area contributed by atoms with Gasteiger partial charge in [0.05, 0.1) is 16.1 Å². The summed E-state index contributed by atoms with van der Waals surface area (Å²) in [5.74, 6) is 0.346. The average Bonchev–Trinajstić information content (AvgIpc) is 2.97. The van der Waals surface area contributed by atoms with Gasteiger partial charge in [0, 0.05) is 17.6 Å². The van der Waals surface area contributed by atoms with Gasteiger partial charge in [0.15, 0.2) is 0 Å². The summed E-state index contributed by atoms with van der Waals surface area (Å²) >= 11 is 1.41. The highest BCUT2D eigenvalue weighted by Gasteiger charge is 2.19. The monoisotopic (exact) mass is 298 g/mol. The molecule has 2 aromatic heterocycles. The Morgan fingerprint density at radius 3 is 2.81 bits per heavy atom. The van der Waals surface area contributed by atoms with Crippen molar-refractivity contribution in [3.05, 3.63) is 52.7 Å². The summed E-state index contributed by atoms with van der Waals surface area (Å²) in [5, 5.41) is 5.38. The van der Waals surface area contributed by atoms with Crippen molar-refractivity contribution in [3.63, 3.8) is 0 Å². The van der Waals surface area contributed by atoms with E-state index in [9.17, 15) is 0 Å². The number of hydrogen-bond acceptors (Lipinski definition) is 5. The van der Waals surface area contributed by atoms with Crippen LogP contribution in [-0.2, 0) is 6.42 Å². The lowest BCUT2D eigenvalue weighted by atomic mass is 9.98. The molecule has 0 saturated heterocycles. The molecule has 21 heavy (non-hydrogen) atoms. The fourth-order valence-electron chi connectivity index (χ4n) is 2.52. The van der Waals surface area contributed by atoms with Crippen LogP contribution < -0.4 is 5.73 Å². The molecule has 2 heterocycles. The first-order valence-electron chi connectivity index (χ1n) is 7.07. The predicted octanol–water partition coefficient (Wildman–Crippen LogP) is 3.45. The van der Waals surface area contributed by atoms with E-state index in [1.165, 1.54) is 22.5 Å². The summed E-state index contributed by atoms with van der Waals surface area (Å²) in [6.45, 7) is 4.24. The molecular formula is C16H18N4S. The minimum atomic E-state index is -0.0757. The third-order valence-corrected chi connectivity index (χ3v) is 4.47. The zero-order chi connectivity index (χ0) is 14.8. The first kappa shape index (κ1) is 14.1. The van der Waals surface area contributed by atoms with E-state index in [1.54, 1.807) is 0 Å². The number of rotatable bonds is 4. The first-order chi connectivity index (χ1) is 10.2. The van der Waals surface area contributed by atoms with E-state index in [-0.39, 0.29) is 6.04 Å². The van der Waals surface area contributed by atoms with Gasteiger partial charge in [0.1, 0.15) is 0 Å². The highest BCUT2D eigenvalue weighted by molar-refractivity contribution is 7.05. The van der Waals surface area contributed by atoms with Gasteiger partial charge in [-0.05, 0) is 41.6 Å². The molecule has 0 aliphatic heterocycles. The Morgan fingerprint density at radius 1 is 1.19 bits per heavy atom. The maximum atomic E-state index is 6.41. The first-order valence-corrected chi connectivity index (χ1v) is 7.84. The van der Waals surface area contributed by atoms with Crippen molar-refractivity contribution in [2.75, 3.05) is 0 Å². The lowest BCUT2D eigenvalue weighted by Gasteiger charge is -2.13. The van der Waals surface area contributed by atoms with Crippen LogP contribution in [0.4, 0.5) is 0 Å². The van der Waals surface area contributed by atoms with Crippen molar-refractivity contribution < 1.29 is 0 Å². The van der Waals surface area contributed by atoms with E-state index < -0.39 is 0 Å². The molecule has 2 N–H and O–H groups in total. The molecule has 1 aromatic carbocycles. The minimum absolute atomic E-state index is 0.0757. The van der Waals surface area contributed by atoms with Gasteiger partial charge in [-0.2, -0.15) is 0 Å². The molecule has 1 atom stereocenters. The number of hydrogen-bond donors (Lipinski definition) is 1. The summed E-state index contributed by atoms with van der Waals surface area (Å²) in [4.78, 5) is 5.48. The number of para-hydroxylation sites is 1. The van der Waals surface area contributed by atoms with Gasteiger partial charge in [-0.25, -0.2) is 0 Å². The zero-order valence-corrected chi connectivity index (χ0v) is 13.0. The normalized spacial score (nSPS) is 13.0. The molecule has 0 saturated carbocycles. The number of pyridine rings is 1. The molecule has 108 valence electrons. The SMILES string of the molecule is CC(C)c1nnsc1C(N)Cc1ccnc2ccccc12. The molecular weight excluding hydrogens is 280 g/mol. The Balaban J connectivity index is 1.93. The summed E-state index contributed by atoms with van der Waals surface area (Å²) in [7, 11) is 0. The standard InChI is InChI=1S/C16H18N4S/c1-10(2)15-16(21-20-19-15)13(17)9-11-7-8-18-14-6-4-3-5-12(11)14/h3-8,10,13H,9,17H2,1-2H3. The van der Waals surface area contributed by atoms with Gasteiger partial charge in [-0.15, -0.1) is 5.10 Å². The summed E-state index contributed by atoms with van der Waals surface area (Å²) in [6.07, 6.45) is 2.62. The van der Waals surface area contributed by atoms with Crippen LogP contribution in [-0.4, -0.2) is 14.6 Å². The second-order valence-electron chi connectivity index (χ2n) is 5.47. The van der Waals surface area contributed by atoms with Gasteiger partial charge in [0.2, 0.25) is 0 Å². The Labute approximate surface area is 128 Å². The third-order valence-electron chi connectivity index (χ3n) is 3.60. The van der Waals surface area contributed by atoms with Gasteiger partial charge in [-0.3, -0.25) is 4.98 Å². The highest BCUT2D eigenvalue weighted by atomic mass is 32.1. The third kappa shape index (κ3) is 2.80. The molecule has 0 aliphatic rings. The van der Waals surface area contributed by atoms with E-state index >= 15 is 0 Å². The van der Waals surface area contributed by atoms with Crippen LogP contribution in [0.1, 0.15) is 41.9 Å². The number of benzene rings is 1. The lowest BCUT2D eigenvalue weighted by molar-refractivity contribution is 0.703. The summed E-state index contributed by atoms with van der Waals surface area (Å²) < 4.78 is 4.07. The zero-order valence-electron chi connectivity index (χ0n) is 12.2. The maximum absolute atomic E-state index is 6.41. The molecule has 1 unspecified atom stereocenters. The lowest BCUT2D eigenvalue weighted by Crippen LogP contribution is -2.14. The fraction of sp³-hybridized carbons (Fsp3) is 0.312. The van der Waals surface area contributed by atoms with Gasteiger partial charge in [0.25, 0.3) is 0 Å². The molecule has 4 nitrogen and oxygen atoms in total. The van der Waals surface area contributed by atoms with Crippen LogP contribution in [0.2, 0.25) is 0 Å². The average molecular weight is 298 g/mol. The van der Waals surface area contributed by atoms with Crippen molar-refractivity contribution in [2.45, 2.75) is 32.2 Å². The minimum Gasteiger partial charge on any atom is -0.323 e. The fourth-order valence-corrected chi connectivity index (χ4v) is 3.33. The topological polar surface area (TPSA) is 64.7 Å². The molecule has 3 aromatic rings. The second-order valence-corrected chi connectivity index (χ2v) is 6.26. The predicted molar refractivity (Wildman–Crippen MR) is 86.4 cm³/mol. The van der Waals surface area contributed by atoms with E-state index in [1.807, 2.05) is 30.5 Å². The quantitative estimate of drug-likeness (QED) is 0.801. The van der Waals surface area contributed by atoms with Crippen LogP contribution in [0.25, 0.3) is 10.9 Å². The largest absolute Gasteiger partial charge is 0.323 e. The Kier molecular flexibility index (Phi) is 3.94. The van der Waals surface area contributed by atoms with Crippen molar-refractivity contribution >= 4 is 22.4 Å². The molecule has 0 amide bonds. The van der Waals surface area contributed by atoms with Crippen molar-refractivity contribution in [1.29, 1.82) is 0 Å². The van der Waals surface area contributed by atoms with Crippen LogP contribution in [0.15, 0.2) is 36.5 Å². The van der Waals surface area contributed by atoms with E-state index in [4.69, 9.17) is 5.73 Å². The number of aromatic nitrogens is 3. The molecule has 5 heteroatoms. The molecule has 0 fully saturated rings. The van der Waals surface area contributed by atoms with Crippen molar-refractivity contribution in [3.8, 4) is 0 Å². The molecule has 0 radical (unpaired) electrons. The maximum Gasteiger partial charge on any atom is 0.0829 e. The van der Waals surface area contributed by atoms with Gasteiger partial charge < -0.3 is 5.73 Å². The van der Waals surface area contributed by atoms with E-state index in [2.05, 4.69) is 34.5 Å². The molecule has 0 aliphatic carbocycles. The van der Waals surface area contributed by atoms with Gasteiger partial charge in [-0.1, -0.05) is 36.5 Å².